The second-order valence-corrected chi connectivity index (χ2v) is 6.73. The SMILES string of the molecule is Fc1ccccc1Cn1nc(-c2ncc(C3CC3)cn2)c2ccccc21. The molecule has 0 aliphatic heterocycles. The summed E-state index contributed by atoms with van der Waals surface area (Å²) >= 11 is 0. The second kappa shape index (κ2) is 6.02. The van der Waals surface area contributed by atoms with Crippen LogP contribution in [0.4, 0.5) is 4.39 Å². The molecule has 0 radical (unpaired) electrons. The minimum atomic E-state index is -0.223. The smallest absolute Gasteiger partial charge is 0.180 e. The molecular weight excluding hydrogens is 327 g/mol. The number of para-hydroxylation sites is 1. The maximum Gasteiger partial charge on any atom is 0.180 e. The number of hydrogen-bond acceptors (Lipinski definition) is 3. The van der Waals surface area contributed by atoms with E-state index in [2.05, 4.69) is 9.97 Å². The molecular formula is C21H17FN4. The van der Waals surface area contributed by atoms with Crippen molar-refractivity contribution in [1.82, 2.24) is 19.7 Å². The predicted octanol–water partition coefficient (Wildman–Crippen LogP) is 4.56. The summed E-state index contributed by atoms with van der Waals surface area (Å²) in [4.78, 5) is 9.07. The van der Waals surface area contributed by atoms with E-state index in [0.717, 1.165) is 16.6 Å². The lowest BCUT2D eigenvalue weighted by Gasteiger charge is -2.04. The Morgan fingerprint density at radius 1 is 0.962 bits per heavy atom. The number of fused-ring (bicyclic) bond motifs is 1. The van der Waals surface area contributed by atoms with Crippen molar-refractivity contribution in [2.45, 2.75) is 25.3 Å². The summed E-state index contributed by atoms with van der Waals surface area (Å²) in [6, 6.07) is 14.7. The van der Waals surface area contributed by atoms with E-state index in [0.29, 0.717) is 23.9 Å². The van der Waals surface area contributed by atoms with Gasteiger partial charge in [0.2, 0.25) is 0 Å². The molecule has 0 N–H and O–H groups in total. The monoisotopic (exact) mass is 344 g/mol. The number of benzene rings is 2. The van der Waals surface area contributed by atoms with Gasteiger partial charge in [0.1, 0.15) is 11.5 Å². The molecule has 1 fully saturated rings. The van der Waals surface area contributed by atoms with Crippen LogP contribution in [0.3, 0.4) is 0 Å². The molecule has 0 atom stereocenters. The fourth-order valence-electron chi connectivity index (χ4n) is 3.29. The average Bonchev–Trinajstić information content (AvgIpc) is 3.47. The van der Waals surface area contributed by atoms with Crippen molar-refractivity contribution >= 4 is 10.9 Å². The third-order valence-corrected chi connectivity index (χ3v) is 4.87. The molecule has 128 valence electrons. The van der Waals surface area contributed by atoms with Gasteiger partial charge in [-0.1, -0.05) is 36.4 Å². The Balaban J connectivity index is 1.59. The maximum atomic E-state index is 14.1. The van der Waals surface area contributed by atoms with Crippen LogP contribution in [-0.4, -0.2) is 19.7 Å². The number of aromatic nitrogens is 4. The predicted molar refractivity (Wildman–Crippen MR) is 98.2 cm³/mol. The van der Waals surface area contributed by atoms with Gasteiger partial charge in [-0.2, -0.15) is 5.10 Å². The summed E-state index contributed by atoms with van der Waals surface area (Å²) < 4.78 is 15.9. The van der Waals surface area contributed by atoms with Gasteiger partial charge in [-0.25, -0.2) is 14.4 Å². The molecule has 2 heterocycles. The van der Waals surface area contributed by atoms with Crippen LogP contribution in [0, 0.1) is 5.82 Å². The molecule has 0 amide bonds. The van der Waals surface area contributed by atoms with Gasteiger partial charge in [0.05, 0.1) is 12.1 Å². The van der Waals surface area contributed by atoms with Gasteiger partial charge in [-0.15, -0.1) is 0 Å². The molecule has 5 heteroatoms. The van der Waals surface area contributed by atoms with Crippen LogP contribution in [0.2, 0.25) is 0 Å². The highest BCUT2D eigenvalue weighted by Gasteiger charge is 2.24. The lowest BCUT2D eigenvalue weighted by Crippen LogP contribution is -2.04. The van der Waals surface area contributed by atoms with Gasteiger partial charge in [-0.05, 0) is 36.5 Å². The first kappa shape index (κ1) is 15.2. The van der Waals surface area contributed by atoms with Crippen molar-refractivity contribution < 1.29 is 4.39 Å². The number of halogens is 1. The highest BCUT2D eigenvalue weighted by atomic mass is 19.1. The number of nitrogens with zero attached hydrogens (tertiary/aromatic N) is 4. The van der Waals surface area contributed by atoms with Gasteiger partial charge < -0.3 is 0 Å². The van der Waals surface area contributed by atoms with Gasteiger partial charge in [0, 0.05) is 23.3 Å². The zero-order chi connectivity index (χ0) is 17.5. The van der Waals surface area contributed by atoms with Crippen molar-refractivity contribution in [3.8, 4) is 11.5 Å². The van der Waals surface area contributed by atoms with Gasteiger partial charge in [0.25, 0.3) is 0 Å². The molecule has 5 rings (SSSR count). The first-order valence-electron chi connectivity index (χ1n) is 8.81. The van der Waals surface area contributed by atoms with Crippen LogP contribution in [0.5, 0.6) is 0 Å². The Morgan fingerprint density at radius 2 is 1.69 bits per heavy atom. The van der Waals surface area contributed by atoms with Crippen molar-refractivity contribution in [3.05, 3.63) is 77.9 Å². The van der Waals surface area contributed by atoms with Crippen LogP contribution in [0.25, 0.3) is 22.4 Å². The molecule has 2 aromatic heterocycles. The van der Waals surface area contributed by atoms with Crippen LogP contribution in [-0.2, 0) is 6.54 Å². The minimum absolute atomic E-state index is 0.223. The third kappa shape index (κ3) is 2.65. The molecule has 0 saturated heterocycles. The van der Waals surface area contributed by atoms with E-state index in [9.17, 15) is 4.39 Å². The maximum absolute atomic E-state index is 14.1. The van der Waals surface area contributed by atoms with E-state index in [1.54, 1.807) is 12.1 Å². The summed E-state index contributed by atoms with van der Waals surface area (Å²) in [6.07, 6.45) is 6.27. The van der Waals surface area contributed by atoms with Crippen LogP contribution < -0.4 is 0 Å². The summed E-state index contributed by atoms with van der Waals surface area (Å²) in [5, 5.41) is 5.69. The van der Waals surface area contributed by atoms with E-state index in [-0.39, 0.29) is 5.82 Å². The zero-order valence-electron chi connectivity index (χ0n) is 14.1. The Hall–Kier alpha value is -3.08. The summed E-state index contributed by atoms with van der Waals surface area (Å²) in [5.41, 5.74) is 3.49. The Bertz CT molecular complexity index is 1080. The van der Waals surface area contributed by atoms with E-state index >= 15 is 0 Å². The summed E-state index contributed by atoms with van der Waals surface area (Å²) in [6.45, 7) is 0.368. The fraction of sp³-hybridized carbons (Fsp3) is 0.190. The molecule has 4 aromatic rings. The van der Waals surface area contributed by atoms with Gasteiger partial charge in [-0.3, -0.25) is 4.68 Å². The third-order valence-electron chi connectivity index (χ3n) is 4.87. The molecule has 1 saturated carbocycles. The first-order valence-corrected chi connectivity index (χ1v) is 8.81. The lowest BCUT2D eigenvalue weighted by atomic mass is 10.2. The van der Waals surface area contributed by atoms with Crippen LogP contribution in [0.1, 0.15) is 29.9 Å². The van der Waals surface area contributed by atoms with E-state index < -0.39 is 0 Å². The molecule has 2 aromatic carbocycles. The Morgan fingerprint density at radius 3 is 2.46 bits per heavy atom. The topological polar surface area (TPSA) is 43.6 Å². The second-order valence-electron chi connectivity index (χ2n) is 6.73. The minimum Gasteiger partial charge on any atom is -0.260 e. The highest BCUT2D eigenvalue weighted by Crippen LogP contribution is 2.39. The summed E-state index contributed by atoms with van der Waals surface area (Å²) in [5.74, 6) is 1.01. The zero-order valence-corrected chi connectivity index (χ0v) is 14.1. The van der Waals surface area contributed by atoms with Crippen molar-refractivity contribution in [2.75, 3.05) is 0 Å². The van der Waals surface area contributed by atoms with Gasteiger partial charge >= 0.3 is 0 Å². The fourth-order valence-corrected chi connectivity index (χ4v) is 3.29. The van der Waals surface area contributed by atoms with Crippen molar-refractivity contribution in [2.24, 2.45) is 0 Å². The Labute approximate surface area is 150 Å². The van der Waals surface area contributed by atoms with E-state index in [4.69, 9.17) is 5.10 Å². The van der Waals surface area contributed by atoms with Crippen molar-refractivity contribution in [3.63, 3.8) is 0 Å². The van der Waals surface area contributed by atoms with E-state index in [1.165, 1.54) is 24.5 Å². The largest absolute Gasteiger partial charge is 0.260 e. The average molecular weight is 344 g/mol. The lowest BCUT2D eigenvalue weighted by molar-refractivity contribution is 0.590. The van der Waals surface area contributed by atoms with E-state index in [1.807, 2.05) is 47.4 Å². The highest BCUT2D eigenvalue weighted by molar-refractivity contribution is 5.91. The normalized spacial score (nSPS) is 14.0. The van der Waals surface area contributed by atoms with Crippen LogP contribution >= 0.6 is 0 Å². The molecule has 26 heavy (non-hydrogen) atoms. The molecule has 0 spiro atoms. The molecule has 4 nitrogen and oxygen atoms in total. The first-order chi connectivity index (χ1) is 12.8. The molecule has 1 aliphatic carbocycles. The standard InChI is InChI=1S/C21H17FN4/c22-18-7-3-1-5-15(18)13-26-19-8-4-2-6-17(19)20(25-26)21-23-11-16(12-24-21)14-9-10-14/h1-8,11-12,14H,9-10,13H2. The number of rotatable bonds is 4. The molecule has 0 unspecified atom stereocenters. The van der Waals surface area contributed by atoms with Crippen molar-refractivity contribution in [1.29, 1.82) is 0 Å². The van der Waals surface area contributed by atoms with Crippen LogP contribution in [0.15, 0.2) is 60.9 Å². The summed E-state index contributed by atoms with van der Waals surface area (Å²) in [7, 11) is 0. The number of hydrogen-bond donors (Lipinski definition) is 0. The van der Waals surface area contributed by atoms with Gasteiger partial charge in [0.15, 0.2) is 5.82 Å². The molecule has 1 aliphatic rings. The Kier molecular flexibility index (Phi) is 3.52. The molecule has 0 bridgehead atoms. The quantitative estimate of drug-likeness (QED) is 0.545.